The largest absolute Gasteiger partial charge is 0.462 e. The Balaban J connectivity index is 2.35. The van der Waals surface area contributed by atoms with Crippen LogP contribution in [0.4, 0.5) is 5.00 Å². The lowest BCUT2D eigenvalue weighted by atomic mass is 10.1. The summed E-state index contributed by atoms with van der Waals surface area (Å²) in [5, 5.41) is 8.35. The van der Waals surface area contributed by atoms with Gasteiger partial charge in [0.15, 0.2) is 0 Å². The monoisotopic (exact) mass is 397 g/mol. The van der Waals surface area contributed by atoms with Gasteiger partial charge in [0.2, 0.25) is 5.91 Å². The van der Waals surface area contributed by atoms with Crippen LogP contribution >= 0.6 is 22.9 Å². The van der Waals surface area contributed by atoms with Crippen molar-refractivity contribution < 1.29 is 14.3 Å². The highest BCUT2D eigenvalue weighted by atomic mass is 35.5. The lowest BCUT2D eigenvalue weighted by Gasteiger charge is -2.17. The van der Waals surface area contributed by atoms with Crippen LogP contribution < -0.4 is 5.32 Å². The van der Waals surface area contributed by atoms with Crippen molar-refractivity contribution in [2.24, 2.45) is 0 Å². The van der Waals surface area contributed by atoms with Crippen molar-refractivity contribution in [2.75, 3.05) is 11.9 Å². The van der Waals surface area contributed by atoms with E-state index < -0.39 is 12.0 Å². The summed E-state index contributed by atoms with van der Waals surface area (Å²) in [7, 11) is 0. The van der Waals surface area contributed by atoms with Gasteiger partial charge in [0.05, 0.1) is 28.6 Å². The molecule has 6 nitrogen and oxygen atoms in total. The van der Waals surface area contributed by atoms with Crippen LogP contribution in [0.1, 0.15) is 58.5 Å². The molecule has 0 aliphatic rings. The fourth-order valence-corrected chi connectivity index (χ4v) is 3.95. The predicted molar refractivity (Wildman–Crippen MR) is 104 cm³/mol. The number of rotatable bonds is 6. The van der Waals surface area contributed by atoms with Crippen molar-refractivity contribution in [3.8, 4) is 0 Å². The van der Waals surface area contributed by atoms with Gasteiger partial charge in [-0.05, 0) is 46.6 Å². The van der Waals surface area contributed by atoms with Crippen LogP contribution in [0.2, 0.25) is 5.02 Å². The normalized spacial score (nSPS) is 12.1. The summed E-state index contributed by atoms with van der Waals surface area (Å²) in [6.07, 6.45) is 0.544. The Morgan fingerprint density at radius 3 is 2.42 bits per heavy atom. The highest BCUT2D eigenvalue weighted by molar-refractivity contribution is 7.16. The Bertz CT molecular complexity index is 841. The Morgan fingerprint density at radius 2 is 1.92 bits per heavy atom. The maximum Gasteiger partial charge on any atom is 0.341 e. The van der Waals surface area contributed by atoms with Gasteiger partial charge in [0, 0.05) is 4.88 Å². The highest BCUT2D eigenvalue weighted by Gasteiger charge is 2.27. The number of nitrogens with one attached hydrogen (secondary N) is 1. The van der Waals surface area contributed by atoms with Gasteiger partial charge in [-0.15, -0.1) is 11.3 Å². The molecule has 1 atom stereocenters. The SMILES string of the molecule is CCOC(=O)c1c(NC(=O)C(CC)n2nc(C)c(Cl)c2C)sc(C)c1C. The third-order valence-electron chi connectivity index (χ3n) is 4.32. The number of nitrogens with zero attached hydrogens (tertiary/aromatic N) is 2. The molecule has 0 aliphatic heterocycles. The summed E-state index contributed by atoms with van der Waals surface area (Å²) in [6.45, 7) is 11.4. The number of carbonyl (C=O) groups excluding carboxylic acids is 2. The summed E-state index contributed by atoms with van der Waals surface area (Å²) in [5.74, 6) is -0.659. The number of esters is 1. The van der Waals surface area contributed by atoms with Crippen molar-refractivity contribution >= 4 is 39.8 Å². The Morgan fingerprint density at radius 1 is 1.27 bits per heavy atom. The highest BCUT2D eigenvalue weighted by Crippen LogP contribution is 2.34. The molecule has 0 bridgehead atoms. The number of halogens is 1. The quantitative estimate of drug-likeness (QED) is 0.723. The zero-order chi connectivity index (χ0) is 19.6. The second kappa shape index (κ2) is 8.22. The molecule has 0 fully saturated rings. The van der Waals surface area contributed by atoms with Gasteiger partial charge >= 0.3 is 5.97 Å². The molecule has 142 valence electrons. The molecule has 0 saturated carbocycles. The van der Waals surface area contributed by atoms with Crippen molar-refractivity contribution in [2.45, 2.75) is 54.0 Å². The number of ether oxygens (including phenoxy) is 1. The van der Waals surface area contributed by atoms with E-state index in [1.807, 2.05) is 27.7 Å². The van der Waals surface area contributed by atoms with E-state index in [2.05, 4.69) is 10.4 Å². The topological polar surface area (TPSA) is 73.2 Å². The van der Waals surface area contributed by atoms with Gasteiger partial charge in [0.1, 0.15) is 11.0 Å². The fraction of sp³-hybridized carbons (Fsp3) is 0.500. The Kier molecular flexibility index (Phi) is 6.47. The van der Waals surface area contributed by atoms with E-state index in [0.29, 0.717) is 27.7 Å². The smallest absolute Gasteiger partial charge is 0.341 e. The van der Waals surface area contributed by atoms with E-state index in [-0.39, 0.29) is 12.5 Å². The van der Waals surface area contributed by atoms with Crippen LogP contribution in [0.25, 0.3) is 0 Å². The average molecular weight is 398 g/mol. The Hall–Kier alpha value is -1.86. The number of carbonyl (C=O) groups is 2. The first-order valence-electron chi connectivity index (χ1n) is 8.51. The van der Waals surface area contributed by atoms with E-state index in [4.69, 9.17) is 16.3 Å². The van der Waals surface area contributed by atoms with Gasteiger partial charge in [0.25, 0.3) is 0 Å². The minimum Gasteiger partial charge on any atom is -0.462 e. The molecule has 1 amide bonds. The molecule has 2 aromatic rings. The lowest BCUT2D eigenvalue weighted by molar-refractivity contribution is -0.119. The first-order chi connectivity index (χ1) is 12.2. The number of hydrogen-bond donors (Lipinski definition) is 1. The molecule has 0 radical (unpaired) electrons. The van der Waals surface area contributed by atoms with Gasteiger partial charge in [-0.25, -0.2) is 4.79 Å². The van der Waals surface area contributed by atoms with Gasteiger partial charge in [-0.1, -0.05) is 18.5 Å². The predicted octanol–water partition coefficient (Wildman–Crippen LogP) is 4.60. The summed E-state index contributed by atoms with van der Waals surface area (Å²) >= 11 is 7.59. The summed E-state index contributed by atoms with van der Waals surface area (Å²) < 4.78 is 6.78. The summed E-state index contributed by atoms with van der Waals surface area (Å²) in [4.78, 5) is 26.2. The maximum absolute atomic E-state index is 12.9. The standard InChI is InChI=1S/C18H24ClN3O3S/c1-7-13(22-11(5)15(19)10(4)21-22)16(23)20-17-14(18(24)25-8-2)9(3)12(6)26-17/h13H,7-8H2,1-6H3,(H,20,23). The number of anilines is 1. The molecule has 2 heterocycles. The van der Waals surface area contributed by atoms with Crippen molar-refractivity contribution in [1.82, 2.24) is 9.78 Å². The molecule has 0 spiro atoms. The minimum atomic E-state index is -0.515. The summed E-state index contributed by atoms with van der Waals surface area (Å²) in [6, 6.07) is -0.515. The maximum atomic E-state index is 12.9. The second-order valence-corrected chi connectivity index (χ2v) is 7.65. The van der Waals surface area contributed by atoms with Crippen LogP contribution in [-0.2, 0) is 9.53 Å². The van der Waals surface area contributed by atoms with Gasteiger partial charge in [-0.2, -0.15) is 5.10 Å². The number of thiophene rings is 1. The second-order valence-electron chi connectivity index (χ2n) is 6.05. The first kappa shape index (κ1) is 20.5. The average Bonchev–Trinajstić information content (AvgIpc) is 2.99. The molecule has 0 saturated heterocycles. The van der Waals surface area contributed by atoms with Gasteiger partial charge < -0.3 is 10.1 Å². The third-order valence-corrected chi connectivity index (χ3v) is 5.99. The van der Waals surface area contributed by atoms with E-state index in [0.717, 1.165) is 16.1 Å². The zero-order valence-electron chi connectivity index (χ0n) is 15.9. The molecule has 0 aliphatic carbocycles. The third kappa shape index (κ3) is 3.78. The van der Waals surface area contributed by atoms with E-state index in [1.165, 1.54) is 11.3 Å². The van der Waals surface area contributed by atoms with E-state index in [9.17, 15) is 9.59 Å². The van der Waals surface area contributed by atoms with Crippen LogP contribution in [0, 0.1) is 27.7 Å². The first-order valence-corrected chi connectivity index (χ1v) is 9.71. The van der Waals surface area contributed by atoms with Crippen LogP contribution in [0.5, 0.6) is 0 Å². The molecule has 8 heteroatoms. The lowest BCUT2D eigenvalue weighted by Crippen LogP contribution is -2.27. The van der Waals surface area contributed by atoms with E-state index in [1.54, 1.807) is 18.5 Å². The molecule has 2 aromatic heterocycles. The van der Waals surface area contributed by atoms with Crippen LogP contribution in [0.15, 0.2) is 0 Å². The minimum absolute atomic E-state index is 0.235. The molecule has 1 N–H and O–H groups in total. The molecule has 1 unspecified atom stereocenters. The van der Waals surface area contributed by atoms with Crippen molar-refractivity contribution in [1.29, 1.82) is 0 Å². The van der Waals surface area contributed by atoms with E-state index >= 15 is 0 Å². The van der Waals surface area contributed by atoms with Crippen LogP contribution in [-0.4, -0.2) is 28.3 Å². The zero-order valence-corrected chi connectivity index (χ0v) is 17.5. The number of amides is 1. The summed E-state index contributed by atoms with van der Waals surface area (Å²) in [5.41, 5.74) is 2.68. The van der Waals surface area contributed by atoms with Gasteiger partial charge in [-0.3, -0.25) is 9.48 Å². The molecule has 0 aromatic carbocycles. The fourth-order valence-electron chi connectivity index (χ4n) is 2.77. The number of hydrogen-bond acceptors (Lipinski definition) is 5. The molecule has 2 rings (SSSR count). The van der Waals surface area contributed by atoms with Crippen LogP contribution in [0.3, 0.4) is 0 Å². The Labute approximate surface area is 162 Å². The number of aromatic nitrogens is 2. The van der Waals surface area contributed by atoms with Crippen molar-refractivity contribution in [3.63, 3.8) is 0 Å². The molecule has 26 heavy (non-hydrogen) atoms. The number of aryl methyl sites for hydroxylation is 2. The molecular formula is C18H24ClN3O3S. The van der Waals surface area contributed by atoms with Crippen molar-refractivity contribution in [3.05, 3.63) is 32.4 Å². The molecular weight excluding hydrogens is 374 g/mol.